The van der Waals surface area contributed by atoms with Crippen molar-refractivity contribution >= 4 is 21.4 Å². The molecule has 0 aromatic heterocycles. The molecule has 0 aliphatic heterocycles. The van der Waals surface area contributed by atoms with E-state index in [1.165, 1.54) is 25.3 Å². The van der Waals surface area contributed by atoms with E-state index in [1.54, 1.807) is 19.1 Å². The first kappa shape index (κ1) is 16.1. The average Bonchev–Trinajstić information content (AvgIpc) is 2.83. The van der Waals surface area contributed by atoms with Crippen molar-refractivity contribution in [2.24, 2.45) is 11.8 Å². The van der Waals surface area contributed by atoms with Crippen molar-refractivity contribution < 1.29 is 8.42 Å². The van der Waals surface area contributed by atoms with Gasteiger partial charge in [-0.15, -0.1) is 0 Å². The minimum atomic E-state index is -3.44. The second-order valence-electron chi connectivity index (χ2n) is 5.92. The molecule has 5 nitrogen and oxygen atoms in total. The van der Waals surface area contributed by atoms with Crippen molar-refractivity contribution in [2.75, 3.05) is 24.1 Å². The van der Waals surface area contributed by atoms with E-state index < -0.39 is 10.0 Å². The van der Waals surface area contributed by atoms with Crippen LogP contribution in [0.1, 0.15) is 33.1 Å². The van der Waals surface area contributed by atoms with Gasteiger partial charge in [-0.3, -0.25) is 0 Å². The van der Waals surface area contributed by atoms with Gasteiger partial charge in [0.25, 0.3) is 0 Å². The molecule has 0 saturated heterocycles. The summed E-state index contributed by atoms with van der Waals surface area (Å²) in [6.45, 7) is 5.25. The minimum Gasteiger partial charge on any atom is -0.397 e. The van der Waals surface area contributed by atoms with Crippen molar-refractivity contribution in [3.63, 3.8) is 0 Å². The smallest absolute Gasteiger partial charge is 0.240 e. The zero-order valence-corrected chi connectivity index (χ0v) is 13.5. The molecule has 1 aliphatic carbocycles. The van der Waals surface area contributed by atoms with E-state index in [2.05, 4.69) is 17.0 Å². The van der Waals surface area contributed by atoms with Gasteiger partial charge in [-0.05, 0) is 42.9 Å². The maximum absolute atomic E-state index is 12.0. The van der Waals surface area contributed by atoms with Gasteiger partial charge >= 0.3 is 0 Å². The summed E-state index contributed by atoms with van der Waals surface area (Å²) in [5, 5.41) is 3.31. The van der Waals surface area contributed by atoms with Crippen LogP contribution in [0.25, 0.3) is 0 Å². The predicted octanol–water partition coefficient (Wildman–Crippen LogP) is 2.42. The molecule has 2 rings (SSSR count). The Balaban J connectivity index is 2.09. The first-order chi connectivity index (χ1) is 9.92. The molecule has 0 amide bonds. The number of hydrogen-bond acceptors (Lipinski definition) is 4. The summed E-state index contributed by atoms with van der Waals surface area (Å²) < 4.78 is 26.5. The molecular weight excluding hydrogens is 286 g/mol. The van der Waals surface area contributed by atoms with E-state index in [4.69, 9.17) is 5.73 Å². The highest BCUT2D eigenvalue weighted by molar-refractivity contribution is 7.89. The summed E-state index contributed by atoms with van der Waals surface area (Å²) >= 11 is 0. The van der Waals surface area contributed by atoms with Crippen LogP contribution in [0.3, 0.4) is 0 Å². The molecule has 2 atom stereocenters. The Bertz CT molecular complexity index is 587. The van der Waals surface area contributed by atoms with Crippen LogP contribution in [0, 0.1) is 11.8 Å². The van der Waals surface area contributed by atoms with Crippen molar-refractivity contribution in [1.29, 1.82) is 0 Å². The first-order valence-corrected chi connectivity index (χ1v) is 9.03. The molecule has 21 heavy (non-hydrogen) atoms. The summed E-state index contributed by atoms with van der Waals surface area (Å²) in [4.78, 5) is 0.251. The van der Waals surface area contributed by atoms with Gasteiger partial charge in [0.15, 0.2) is 0 Å². The molecule has 1 aromatic carbocycles. The number of nitrogens with one attached hydrogen (secondary N) is 2. The SMILES string of the molecule is CCNS(=O)(=O)c1ccc(N)c(NCC2CCC(C)C2)c1. The molecule has 0 heterocycles. The Morgan fingerprint density at radius 2 is 2.10 bits per heavy atom. The molecule has 4 N–H and O–H groups in total. The minimum absolute atomic E-state index is 0.251. The fraction of sp³-hybridized carbons (Fsp3) is 0.600. The summed E-state index contributed by atoms with van der Waals surface area (Å²) in [6, 6.07) is 4.80. The monoisotopic (exact) mass is 311 g/mol. The molecule has 0 spiro atoms. The molecular formula is C15H25N3O2S. The van der Waals surface area contributed by atoms with Crippen LogP contribution in [0.2, 0.25) is 0 Å². The van der Waals surface area contributed by atoms with Crippen LogP contribution in [-0.2, 0) is 10.0 Å². The average molecular weight is 311 g/mol. The Labute approximate surface area is 127 Å². The number of sulfonamides is 1. The second kappa shape index (κ2) is 6.66. The summed E-state index contributed by atoms with van der Waals surface area (Å²) in [5.74, 6) is 1.43. The Kier molecular flexibility index (Phi) is 5.11. The van der Waals surface area contributed by atoms with Gasteiger partial charge in [0.2, 0.25) is 10.0 Å². The molecule has 6 heteroatoms. The van der Waals surface area contributed by atoms with Crippen LogP contribution in [-0.4, -0.2) is 21.5 Å². The van der Waals surface area contributed by atoms with E-state index in [9.17, 15) is 8.42 Å². The maximum atomic E-state index is 12.0. The Morgan fingerprint density at radius 1 is 1.33 bits per heavy atom. The van der Waals surface area contributed by atoms with Crippen molar-refractivity contribution in [3.8, 4) is 0 Å². The molecule has 2 unspecified atom stereocenters. The van der Waals surface area contributed by atoms with Gasteiger partial charge in [-0.25, -0.2) is 13.1 Å². The van der Waals surface area contributed by atoms with Gasteiger partial charge in [0.05, 0.1) is 16.3 Å². The highest BCUT2D eigenvalue weighted by Crippen LogP contribution is 2.31. The van der Waals surface area contributed by atoms with Gasteiger partial charge < -0.3 is 11.1 Å². The van der Waals surface area contributed by atoms with Crippen LogP contribution >= 0.6 is 0 Å². The lowest BCUT2D eigenvalue weighted by Gasteiger charge is -2.15. The number of nitrogen functional groups attached to an aromatic ring is 1. The molecule has 118 valence electrons. The van der Waals surface area contributed by atoms with Crippen molar-refractivity contribution in [1.82, 2.24) is 4.72 Å². The number of rotatable bonds is 6. The van der Waals surface area contributed by atoms with Gasteiger partial charge in [0, 0.05) is 13.1 Å². The lowest BCUT2D eigenvalue weighted by Crippen LogP contribution is -2.23. The fourth-order valence-corrected chi connectivity index (χ4v) is 3.96. The molecule has 1 saturated carbocycles. The first-order valence-electron chi connectivity index (χ1n) is 7.55. The Morgan fingerprint density at radius 3 is 2.71 bits per heavy atom. The third kappa shape index (κ3) is 4.11. The lowest BCUT2D eigenvalue weighted by molar-refractivity contribution is 0.537. The van der Waals surface area contributed by atoms with Crippen LogP contribution in [0.15, 0.2) is 23.1 Å². The van der Waals surface area contributed by atoms with E-state index >= 15 is 0 Å². The van der Waals surface area contributed by atoms with E-state index in [0.29, 0.717) is 23.8 Å². The standard InChI is InChI=1S/C15H25N3O2S/c1-3-18-21(19,20)13-6-7-14(16)15(9-13)17-10-12-5-4-11(2)8-12/h6-7,9,11-12,17-18H,3-5,8,10,16H2,1-2H3. The summed E-state index contributed by atoms with van der Waals surface area (Å²) in [5.41, 5.74) is 7.22. The quantitative estimate of drug-likeness (QED) is 0.704. The van der Waals surface area contributed by atoms with Gasteiger partial charge in [0.1, 0.15) is 0 Å². The third-order valence-corrected chi connectivity index (χ3v) is 5.60. The maximum Gasteiger partial charge on any atom is 0.240 e. The lowest BCUT2D eigenvalue weighted by atomic mass is 10.1. The van der Waals surface area contributed by atoms with Crippen LogP contribution < -0.4 is 15.8 Å². The van der Waals surface area contributed by atoms with E-state index in [1.807, 2.05) is 0 Å². The summed E-state index contributed by atoms with van der Waals surface area (Å²) in [6.07, 6.45) is 3.72. The van der Waals surface area contributed by atoms with Crippen molar-refractivity contribution in [2.45, 2.75) is 38.0 Å². The molecule has 0 bridgehead atoms. The number of benzene rings is 1. The second-order valence-corrected chi connectivity index (χ2v) is 7.68. The predicted molar refractivity (Wildman–Crippen MR) is 86.7 cm³/mol. The normalized spacial score (nSPS) is 22.4. The molecule has 1 aliphatic rings. The van der Waals surface area contributed by atoms with Crippen LogP contribution in [0.5, 0.6) is 0 Å². The van der Waals surface area contributed by atoms with Gasteiger partial charge in [-0.2, -0.15) is 0 Å². The highest BCUT2D eigenvalue weighted by Gasteiger charge is 2.21. The fourth-order valence-electron chi connectivity index (χ4n) is 2.89. The van der Waals surface area contributed by atoms with Crippen LogP contribution in [0.4, 0.5) is 11.4 Å². The van der Waals surface area contributed by atoms with Gasteiger partial charge in [-0.1, -0.05) is 20.3 Å². The zero-order valence-electron chi connectivity index (χ0n) is 12.7. The Hall–Kier alpha value is -1.27. The topological polar surface area (TPSA) is 84.2 Å². The molecule has 1 fully saturated rings. The zero-order chi connectivity index (χ0) is 15.5. The largest absolute Gasteiger partial charge is 0.397 e. The summed E-state index contributed by atoms with van der Waals surface area (Å²) in [7, 11) is -3.44. The highest BCUT2D eigenvalue weighted by atomic mass is 32.2. The van der Waals surface area contributed by atoms with E-state index in [0.717, 1.165) is 12.5 Å². The molecule has 0 radical (unpaired) electrons. The molecule has 1 aromatic rings. The number of nitrogens with two attached hydrogens (primary N) is 1. The number of hydrogen-bond donors (Lipinski definition) is 3. The van der Waals surface area contributed by atoms with E-state index in [-0.39, 0.29) is 4.90 Å². The number of anilines is 2. The third-order valence-electron chi connectivity index (χ3n) is 4.05. The van der Waals surface area contributed by atoms with Crippen molar-refractivity contribution in [3.05, 3.63) is 18.2 Å².